The number of rotatable bonds is 12. The normalized spacial score (nSPS) is 9.85. The molecule has 0 aliphatic carbocycles. The van der Waals surface area contributed by atoms with Crippen LogP contribution in [0.15, 0.2) is 391 Å². The van der Waals surface area contributed by atoms with Crippen LogP contribution in [0.3, 0.4) is 0 Å². The topological polar surface area (TPSA) is 162 Å². The molecule has 0 fully saturated rings. The minimum atomic E-state index is 0. The Morgan fingerprint density at radius 3 is 0.342 bits per heavy atom. The van der Waals surface area contributed by atoms with E-state index in [0.717, 1.165) is 162 Å². The van der Waals surface area contributed by atoms with Crippen molar-refractivity contribution in [3.8, 4) is 135 Å². The monoisotopic (exact) mass is 2510 g/mol. The summed E-state index contributed by atoms with van der Waals surface area (Å²) in [6, 6.07) is 121. The van der Waals surface area contributed by atoms with Crippen molar-refractivity contribution in [2.75, 3.05) is 5.34 Å². The molecule has 0 radical (unpaired) electrons. The van der Waals surface area contributed by atoms with Crippen LogP contribution >= 0.6 is 119 Å². The first-order chi connectivity index (χ1) is 54.6. The van der Waals surface area contributed by atoms with Crippen LogP contribution in [-0.2, 0) is 134 Å². The van der Waals surface area contributed by atoms with Gasteiger partial charge in [-0.25, -0.2) is 0 Å². The maximum Gasteiger partial charge on any atom is 1.00 e. The van der Waals surface area contributed by atoms with Crippen LogP contribution in [0.25, 0.3) is 135 Å². The fraction of sp³-hybridized carbons (Fsp3) is 0.0110. The summed E-state index contributed by atoms with van der Waals surface area (Å²) in [6.07, 6.45) is 0. The van der Waals surface area contributed by atoms with Gasteiger partial charge in [-0.1, -0.05) is 398 Å². The van der Waals surface area contributed by atoms with E-state index < -0.39 is 0 Å². The molecule has 0 aliphatic heterocycles. The van der Waals surface area contributed by atoms with Crippen LogP contribution in [-0.4, -0.2) is 35.9 Å². The van der Waals surface area contributed by atoms with Crippen LogP contribution in [0.1, 0.15) is 0 Å². The molecule has 12 aromatic carbocycles. The maximum atomic E-state index is 4.76. The fourth-order valence-corrected chi connectivity index (χ4v) is 14.9. The third-order valence-corrected chi connectivity index (χ3v) is 21.1. The van der Waals surface area contributed by atoms with Crippen LogP contribution in [0.5, 0.6) is 0 Å². The average Bonchev–Trinajstić information content (AvgIpc) is 1.73. The molecule has 18 aromatic rings. The van der Waals surface area contributed by atoms with E-state index in [4.69, 9.17) is 23.2 Å². The van der Waals surface area contributed by atoms with Crippen LogP contribution in [0, 0.1) is 0 Å². The number of hydrogen-bond acceptors (Lipinski definition) is 6. The first kappa shape index (κ1) is 99.6. The smallest absolute Gasteiger partial charge is 0.574 e. The van der Waals surface area contributed by atoms with Crippen molar-refractivity contribution in [2.45, 2.75) is 0 Å². The Bertz CT molecular complexity index is 4520. The predicted molar refractivity (Wildman–Crippen MR) is 473 cm³/mol. The number of nitrogens with zero attached hydrogens (tertiary/aromatic N) is 12. The molecule has 117 heavy (non-hydrogen) atoms. The molecular weight excluding hydrogens is 2460 g/mol. The van der Waals surface area contributed by atoms with Crippen molar-refractivity contribution < 1.29 is 134 Å². The van der Waals surface area contributed by atoms with Crippen molar-refractivity contribution in [2.24, 2.45) is 0 Å². The Balaban J connectivity index is 0.000000214. The van der Waals surface area contributed by atoms with Gasteiger partial charge in [0.15, 0.2) is 0 Å². The van der Waals surface area contributed by atoms with Gasteiger partial charge in [-0.2, -0.15) is 0 Å². The van der Waals surface area contributed by atoms with E-state index in [0.29, 0.717) is 0 Å². The second-order valence-electron chi connectivity index (χ2n) is 23.8. The van der Waals surface area contributed by atoms with Gasteiger partial charge in [0.05, 0.1) is 39.5 Å². The van der Waals surface area contributed by atoms with E-state index in [1.165, 1.54) is 0 Å². The molecule has 0 atom stereocenters. The molecule has 0 amide bonds. The molecule has 0 spiro atoms. The SMILES string of the molecule is Brc1c(-c2ccccc2)n[n-]c1-c1ccccc1.Brc1c(-c2ccccc2)n[n-]c1-c1ccccc1.Brc1c(-c2ccccc2)n[n-]c1-c1ccccc1.Brc1c(-c2ccccc2)n[n-]c1-c1ccccc1.Brc1c(-c2ccccc2)n[n-]c1-c1ccccc1.Brc1c(-c2ccccc2)n[n-]c1-c1ccccc1.ClCCl.[Ag+].[Ag+].[Ag+].[Ag+].[Ag+].[Ag+]. The Kier molecular flexibility index (Phi) is 45.0. The summed E-state index contributed by atoms with van der Waals surface area (Å²) in [4.78, 5) is 0. The van der Waals surface area contributed by atoms with E-state index in [1.807, 2.05) is 364 Å². The number of hydrogen-bond donors (Lipinski definition) is 0. The van der Waals surface area contributed by atoms with Crippen molar-refractivity contribution in [3.05, 3.63) is 391 Å². The van der Waals surface area contributed by atoms with E-state index in [1.54, 1.807) is 0 Å². The summed E-state index contributed by atoms with van der Waals surface area (Å²) in [5.41, 5.74) is 23.4. The summed E-state index contributed by atoms with van der Waals surface area (Å²) in [5, 5.41) is 51.4. The van der Waals surface area contributed by atoms with E-state index in [-0.39, 0.29) is 140 Å². The molecule has 0 bridgehead atoms. The number of alkyl halides is 2. The molecule has 0 saturated heterocycles. The number of halogens is 8. The minimum absolute atomic E-state index is 0. The molecule has 12 nitrogen and oxygen atoms in total. The predicted octanol–water partition coefficient (Wildman–Crippen LogP) is 26.2. The van der Waals surface area contributed by atoms with E-state index >= 15 is 0 Å². The van der Waals surface area contributed by atoms with Crippen molar-refractivity contribution in [1.82, 2.24) is 61.2 Å². The summed E-state index contributed by atoms with van der Waals surface area (Å²) in [5.74, 6) is 0. The van der Waals surface area contributed by atoms with Crippen molar-refractivity contribution >= 4 is 119 Å². The molecule has 18 rings (SSSR count). The third-order valence-electron chi connectivity index (χ3n) is 16.6. The number of benzene rings is 12. The average molecular weight is 2520 g/mol. The van der Waals surface area contributed by atoms with Gasteiger partial charge < -0.3 is 61.2 Å². The second kappa shape index (κ2) is 52.9. The van der Waals surface area contributed by atoms with Crippen LogP contribution in [0.2, 0.25) is 0 Å². The van der Waals surface area contributed by atoms with Gasteiger partial charge in [-0.15, -0.1) is 23.2 Å². The largest absolute Gasteiger partial charge is 1.00 e. The molecule has 6 heterocycles. The summed E-state index contributed by atoms with van der Waals surface area (Å²) >= 11 is 31.1. The second-order valence-corrected chi connectivity index (χ2v) is 29.3. The quantitative estimate of drug-likeness (QED) is 0.0842. The summed E-state index contributed by atoms with van der Waals surface area (Å²) in [6.45, 7) is 0. The molecule has 608 valence electrons. The molecule has 0 unspecified atom stereocenters. The molecule has 6 aromatic heterocycles. The molecular formula is C91H62Ag6Br6Cl2N12. The van der Waals surface area contributed by atoms with Gasteiger partial charge >= 0.3 is 134 Å². The summed E-state index contributed by atoms with van der Waals surface area (Å²) < 4.78 is 5.67. The van der Waals surface area contributed by atoms with Crippen molar-refractivity contribution in [1.29, 1.82) is 0 Å². The van der Waals surface area contributed by atoms with Gasteiger partial charge in [0.2, 0.25) is 0 Å². The van der Waals surface area contributed by atoms with Gasteiger partial charge in [0.25, 0.3) is 0 Å². The Labute approximate surface area is 834 Å². The van der Waals surface area contributed by atoms with E-state index in [2.05, 4.69) is 157 Å². The zero-order valence-electron chi connectivity index (χ0n) is 60.5. The summed E-state index contributed by atoms with van der Waals surface area (Å²) in [7, 11) is 0. The maximum absolute atomic E-state index is 4.76. The fourth-order valence-electron chi connectivity index (χ4n) is 11.2. The standard InChI is InChI=1S/6C15H10BrN2.CH2Cl2.6Ag/c6*16-13-14(11-7-3-1-4-8-11)17-18-15(13)12-9-5-2-6-10-12;2-1-3;;;;;;/h6*1-10H;1H2;;;;;;/q6*-1;;6*+1. The number of aromatic nitrogens is 12. The Morgan fingerprint density at radius 1 is 0.162 bits per heavy atom. The molecule has 26 heteroatoms. The first-order valence-corrected chi connectivity index (χ1v) is 40.3. The zero-order chi connectivity index (χ0) is 76.9. The third kappa shape index (κ3) is 27.4. The Morgan fingerprint density at radius 2 is 0.248 bits per heavy atom. The Hall–Kier alpha value is -6.20. The van der Waals surface area contributed by atoms with Crippen LogP contribution < -0.4 is 30.6 Å². The van der Waals surface area contributed by atoms with Gasteiger partial charge in [-0.05, 0) is 162 Å². The molecule has 0 N–H and O–H groups in total. The van der Waals surface area contributed by atoms with Gasteiger partial charge in [0, 0.05) is 26.8 Å². The van der Waals surface area contributed by atoms with Crippen molar-refractivity contribution in [3.63, 3.8) is 0 Å². The molecule has 0 saturated carbocycles. The zero-order valence-corrected chi connectivity index (χ0v) is 80.5. The first-order valence-electron chi connectivity index (χ1n) is 34.5. The minimum Gasteiger partial charge on any atom is -0.574 e. The molecule has 0 aliphatic rings. The van der Waals surface area contributed by atoms with Gasteiger partial charge in [-0.3, -0.25) is 0 Å². The van der Waals surface area contributed by atoms with Crippen LogP contribution in [0.4, 0.5) is 0 Å². The van der Waals surface area contributed by atoms with E-state index in [9.17, 15) is 0 Å². The van der Waals surface area contributed by atoms with Gasteiger partial charge in [0.1, 0.15) is 0 Å².